The van der Waals surface area contributed by atoms with Crippen molar-refractivity contribution in [3.05, 3.63) is 52.0 Å². The number of rotatable bonds is 4. The number of aryl methyl sites for hydroxylation is 1. The van der Waals surface area contributed by atoms with Crippen LogP contribution in [0.15, 0.2) is 35.7 Å². The van der Waals surface area contributed by atoms with Crippen LogP contribution >= 0.6 is 11.3 Å². The third kappa shape index (κ3) is 2.62. The van der Waals surface area contributed by atoms with Gasteiger partial charge in [-0.1, -0.05) is 12.1 Å². The predicted molar refractivity (Wildman–Crippen MR) is 85.0 cm³/mol. The van der Waals surface area contributed by atoms with E-state index in [-0.39, 0.29) is 0 Å². The first-order valence-corrected chi connectivity index (χ1v) is 7.70. The van der Waals surface area contributed by atoms with Crippen LogP contribution < -0.4 is 0 Å². The standard InChI is InChI=1S/C16H19N3S/c1-11(19(3)10-14-5-4-8-20-14)13-6-7-15-16(9-13)18-12(2)17-15/h4-9,11H,10H2,1-3H3,(H,17,18). The summed E-state index contributed by atoms with van der Waals surface area (Å²) in [6.07, 6.45) is 0. The first-order chi connectivity index (χ1) is 9.63. The van der Waals surface area contributed by atoms with E-state index in [1.165, 1.54) is 10.4 Å². The summed E-state index contributed by atoms with van der Waals surface area (Å²) in [6, 6.07) is 11.2. The highest BCUT2D eigenvalue weighted by atomic mass is 32.1. The number of nitrogens with one attached hydrogen (secondary N) is 1. The zero-order chi connectivity index (χ0) is 14.1. The minimum absolute atomic E-state index is 0.374. The van der Waals surface area contributed by atoms with Gasteiger partial charge in [-0.05, 0) is 50.0 Å². The molecule has 1 aromatic carbocycles. The van der Waals surface area contributed by atoms with E-state index in [1.54, 1.807) is 0 Å². The molecule has 3 nitrogen and oxygen atoms in total. The quantitative estimate of drug-likeness (QED) is 0.781. The van der Waals surface area contributed by atoms with Crippen LogP contribution in [0, 0.1) is 6.92 Å². The van der Waals surface area contributed by atoms with Crippen LogP contribution in [0.3, 0.4) is 0 Å². The lowest BCUT2D eigenvalue weighted by atomic mass is 10.1. The van der Waals surface area contributed by atoms with E-state index >= 15 is 0 Å². The van der Waals surface area contributed by atoms with E-state index in [2.05, 4.69) is 64.6 Å². The first-order valence-electron chi connectivity index (χ1n) is 6.82. The molecule has 1 unspecified atom stereocenters. The largest absolute Gasteiger partial charge is 0.342 e. The predicted octanol–water partition coefficient (Wildman–Crippen LogP) is 4.13. The van der Waals surface area contributed by atoms with Gasteiger partial charge in [0.15, 0.2) is 0 Å². The summed E-state index contributed by atoms with van der Waals surface area (Å²) in [6.45, 7) is 5.22. The van der Waals surface area contributed by atoms with Crippen LogP contribution in [0.1, 0.15) is 29.2 Å². The Bertz CT molecular complexity index is 700. The highest BCUT2D eigenvalue weighted by Crippen LogP contribution is 2.24. The molecule has 2 aromatic heterocycles. The molecule has 0 spiro atoms. The van der Waals surface area contributed by atoms with Crippen molar-refractivity contribution in [1.82, 2.24) is 14.9 Å². The Morgan fingerprint density at radius 2 is 2.20 bits per heavy atom. The number of benzene rings is 1. The Labute approximate surface area is 123 Å². The van der Waals surface area contributed by atoms with Crippen LogP contribution in [0.25, 0.3) is 11.0 Å². The molecule has 104 valence electrons. The lowest BCUT2D eigenvalue weighted by Crippen LogP contribution is -2.21. The number of hydrogen-bond donors (Lipinski definition) is 1. The van der Waals surface area contributed by atoms with Gasteiger partial charge in [-0.15, -0.1) is 11.3 Å². The minimum Gasteiger partial charge on any atom is -0.342 e. The summed E-state index contributed by atoms with van der Waals surface area (Å²) < 4.78 is 0. The Morgan fingerprint density at radius 3 is 2.95 bits per heavy atom. The summed E-state index contributed by atoms with van der Waals surface area (Å²) in [7, 11) is 2.17. The number of hydrogen-bond acceptors (Lipinski definition) is 3. The lowest BCUT2D eigenvalue weighted by molar-refractivity contribution is 0.255. The Hall–Kier alpha value is -1.65. The maximum Gasteiger partial charge on any atom is 0.104 e. The maximum atomic E-state index is 4.52. The molecule has 0 fully saturated rings. The van der Waals surface area contributed by atoms with Gasteiger partial charge in [0.25, 0.3) is 0 Å². The van der Waals surface area contributed by atoms with E-state index in [1.807, 2.05) is 18.3 Å². The van der Waals surface area contributed by atoms with Gasteiger partial charge in [0.05, 0.1) is 11.0 Å². The Balaban J connectivity index is 1.81. The third-order valence-corrected chi connectivity index (χ3v) is 4.62. The summed E-state index contributed by atoms with van der Waals surface area (Å²) in [5.74, 6) is 0.969. The summed E-state index contributed by atoms with van der Waals surface area (Å²) in [4.78, 5) is 11.6. The zero-order valence-corrected chi connectivity index (χ0v) is 12.9. The van der Waals surface area contributed by atoms with Crippen molar-refractivity contribution in [2.75, 3.05) is 7.05 Å². The lowest BCUT2D eigenvalue weighted by Gasteiger charge is -2.24. The van der Waals surface area contributed by atoms with E-state index < -0.39 is 0 Å². The van der Waals surface area contributed by atoms with Crippen LogP contribution in [-0.2, 0) is 6.54 Å². The molecule has 0 aliphatic carbocycles. The molecule has 4 heteroatoms. The minimum atomic E-state index is 0.374. The van der Waals surface area contributed by atoms with Crippen LogP contribution in [0.4, 0.5) is 0 Å². The van der Waals surface area contributed by atoms with Crippen molar-refractivity contribution < 1.29 is 0 Å². The Kier molecular flexibility index (Phi) is 3.59. The molecule has 2 heterocycles. The number of H-pyrrole nitrogens is 1. The number of thiophene rings is 1. The van der Waals surface area contributed by atoms with E-state index in [4.69, 9.17) is 0 Å². The van der Waals surface area contributed by atoms with Crippen molar-refractivity contribution in [2.24, 2.45) is 0 Å². The average Bonchev–Trinajstić information content (AvgIpc) is 3.04. The molecule has 1 atom stereocenters. The molecule has 0 radical (unpaired) electrons. The molecular formula is C16H19N3S. The molecule has 0 amide bonds. The fraction of sp³-hybridized carbons (Fsp3) is 0.312. The van der Waals surface area contributed by atoms with Gasteiger partial charge in [0.1, 0.15) is 5.82 Å². The molecular weight excluding hydrogens is 266 g/mol. The fourth-order valence-corrected chi connectivity index (χ4v) is 3.22. The molecule has 0 saturated heterocycles. The number of fused-ring (bicyclic) bond motifs is 1. The molecule has 3 aromatic rings. The number of aromatic nitrogens is 2. The van der Waals surface area contributed by atoms with Gasteiger partial charge in [-0.3, -0.25) is 4.90 Å². The Morgan fingerprint density at radius 1 is 1.35 bits per heavy atom. The van der Waals surface area contributed by atoms with Crippen LogP contribution in [-0.4, -0.2) is 21.9 Å². The molecule has 0 saturated carbocycles. The topological polar surface area (TPSA) is 31.9 Å². The highest BCUT2D eigenvalue weighted by molar-refractivity contribution is 7.09. The van der Waals surface area contributed by atoms with Crippen molar-refractivity contribution in [2.45, 2.75) is 26.4 Å². The average molecular weight is 285 g/mol. The van der Waals surface area contributed by atoms with Crippen molar-refractivity contribution >= 4 is 22.4 Å². The molecule has 0 aliphatic rings. The van der Waals surface area contributed by atoms with Crippen molar-refractivity contribution in [3.8, 4) is 0 Å². The summed E-state index contributed by atoms with van der Waals surface area (Å²) in [5.41, 5.74) is 3.47. The van der Waals surface area contributed by atoms with E-state index in [0.717, 1.165) is 23.4 Å². The monoisotopic (exact) mass is 285 g/mol. The molecule has 3 rings (SSSR count). The fourth-order valence-electron chi connectivity index (χ4n) is 2.45. The smallest absolute Gasteiger partial charge is 0.104 e. The second-order valence-corrected chi connectivity index (χ2v) is 6.30. The van der Waals surface area contributed by atoms with Gasteiger partial charge in [-0.2, -0.15) is 0 Å². The zero-order valence-electron chi connectivity index (χ0n) is 12.1. The van der Waals surface area contributed by atoms with Crippen molar-refractivity contribution in [1.29, 1.82) is 0 Å². The van der Waals surface area contributed by atoms with Gasteiger partial charge < -0.3 is 4.98 Å². The molecule has 1 N–H and O–H groups in total. The van der Waals surface area contributed by atoms with Crippen molar-refractivity contribution in [3.63, 3.8) is 0 Å². The maximum absolute atomic E-state index is 4.52. The molecule has 0 aliphatic heterocycles. The SMILES string of the molecule is Cc1nc2cc(C(C)N(C)Cc3cccs3)ccc2[nH]1. The van der Waals surface area contributed by atoms with E-state index in [0.29, 0.717) is 6.04 Å². The summed E-state index contributed by atoms with van der Waals surface area (Å²) >= 11 is 1.81. The van der Waals surface area contributed by atoms with Crippen LogP contribution in [0.5, 0.6) is 0 Å². The first kappa shape index (κ1) is 13.3. The molecule has 0 bridgehead atoms. The number of imidazole rings is 1. The second-order valence-electron chi connectivity index (χ2n) is 5.27. The van der Waals surface area contributed by atoms with Gasteiger partial charge in [0.2, 0.25) is 0 Å². The number of aromatic amines is 1. The molecule has 20 heavy (non-hydrogen) atoms. The van der Waals surface area contributed by atoms with E-state index in [9.17, 15) is 0 Å². The second kappa shape index (κ2) is 5.38. The summed E-state index contributed by atoms with van der Waals surface area (Å²) in [5, 5.41) is 2.13. The van der Waals surface area contributed by atoms with Gasteiger partial charge >= 0.3 is 0 Å². The van der Waals surface area contributed by atoms with Gasteiger partial charge in [0, 0.05) is 17.5 Å². The normalized spacial score (nSPS) is 13.2. The highest BCUT2D eigenvalue weighted by Gasteiger charge is 2.13. The van der Waals surface area contributed by atoms with Crippen LogP contribution in [0.2, 0.25) is 0 Å². The third-order valence-electron chi connectivity index (χ3n) is 3.75. The number of nitrogens with zero attached hydrogens (tertiary/aromatic N) is 2. The van der Waals surface area contributed by atoms with Gasteiger partial charge in [-0.25, -0.2) is 4.98 Å².